The summed E-state index contributed by atoms with van der Waals surface area (Å²) in [4.78, 5) is 15.5. The molecule has 96 valence electrons. The number of nitrogens with zero attached hydrogens (tertiary/aromatic N) is 6. The van der Waals surface area contributed by atoms with E-state index in [0.717, 1.165) is 29.0 Å². The van der Waals surface area contributed by atoms with E-state index in [4.69, 9.17) is 0 Å². The minimum absolute atomic E-state index is 0.408. The Morgan fingerprint density at radius 1 is 1.26 bits per heavy atom. The molecular formula is C11H11N7S. The van der Waals surface area contributed by atoms with Crippen LogP contribution >= 0.6 is 11.3 Å². The molecule has 1 aliphatic rings. The summed E-state index contributed by atoms with van der Waals surface area (Å²) in [5, 5.41) is 8.74. The topological polar surface area (TPSA) is 71.2 Å². The first-order chi connectivity index (χ1) is 9.38. The molecule has 1 aliphatic heterocycles. The lowest BCUT2D eigenvalue weighted by Crippen LogP contribution is -2.55. The summed E-state index contributed by atoms with van der Waals surface area (Å²) in [6.07, 6.45) is 6.94. The van der Waals surface area contributed by atoms with Crippen molar-refractivity contribution < 1.29 is 0 Å². The van der Waals surface area contributed by atoms with Crippen LogP contribution in [-0.4, -0.2) is 43.7 Å². The van der Waals surface area contributed by atoms with Gasteiger partial charge in [0, 0.05) is 25.5 Å². The Kier molecular flexibility index (Phi) is 2.34. The van der Waals surface area contributed by atoms with Crippen LogP contribution in [-0.2, 0) is 0 Å². The van der Waals surface area contributed by atoms with Gasteiger partial charge in [-0.25, -0.2) is 19.5 Å². The fourth-order valence-corrected chi connectivity index (χ4v) is 2.93. The van der Waals surface area contributed by atoms with Crippen molar-refractivity contribution in [2.75, 3.05) is 23.3 Å². The van der Waals surface area contributed by atoms with Crippen LogP contribution < -0.4 is 10.2 Å². The van der Waals surface area contributed by atoms with E-state index in [1.165, 1.54) is 0 Å². The standard InChI is InChI=1S/C11H11N7S/c1-2-12-7-14-9(1)17-5-8(6-17)15-10-16-18-4-3-13-11(18)19-10/h1-4,7-8H,5-6H2,(H,15,16). The molecule has 0 atom stereocenters. The van der Waals surface area contributed by atoms with Crippen LogP contribution in [0.25, 0.3) is 4.96 Å². The summed E-state index contributed by atoms with van der Waals surface area (Å²) >= 11 is 1.56. The van der Waals surface area contributed by atoms with Crippen molar-refractivity contribution in [1.82, 2.24) is 24.6 Å². The molecule has 0 saturated carbocycles. The fraction of sp³-hybridized carbons (Fsp3) is 0.273. The van der Waals surface area contributed by atoms with Crippen LogP contribution in [0.4, 0.5) is 10.9 Å². The third-order valence-corrected chi connectivity index (χ3v) is 3.94. The first kappa shape index (κ1) is 10.7. The van der Waals surface area contributed by atoms with Crippen LogP contribution in [0, 0.1) is 0 Å². The molecule has 3 aromatic heterocycles. The highest BCUT2D eigenvalue weighted by molar-refractivity contribution is 7.20. The van der Waals surface area contributed by atoms with Crippen LogP contribution in [0.1, 0.15) is 0 Å². The highest BCUT2D eigenvalue weighted by Gasteiger charge is 2.28. The van der Waals surface area contributed by atoms with E-state index in [1.54, 1.807) is 34.6 Å². The second-order valence-electron chi connectivity index (χ2n) is 4.38. The number of nitrogens with one attached hydrogen (secondary N) is 1. The lowest BCUT2D eigenvalue weighted by molar-refractivity contribution is 0.543. The van der Waals surface area contributed by atoms with E-state index in [0.29, 0.717) is 6.04 Å². The molecule has 0 radical (unpaired) electrons. The van der Waals surface area contributed by atoms with Gasteiger partial charge in [-0.3, -0.25) is 0 Å². The fourth-order valence-electron chi connectivity index (χ4n) is 2.10. The Balaban J connectivity index is 1.40. The predicted octanol–water partition coefficient (Wildman–Crippen LogP) is 0.881. The zero-order valence-corrected chi connectivity index (χ0v) is 10.8. The molecular weight excluding hydrogens is 262 g/mol. The largest absolute Gasteiger partial charge is 0.354 e. The molecule has 0 aromatic carbocycles. The van der Waals surface area contributed by atoms with Gasteiger partial charge in [-0.1, -0.05) is 11.3 Å². The monoisotopic (exact) mass is 273 g/mol. The maximum absolute atomic E-state index is 4.41. The van der Waals surface area contributed by atoms with E-state index < -0.39 is 0 Å². The Morgan fingerprint density at radius 2 is 2.21 bits per heavy atom. The van der Waals surface area contributed by atoms with E-state index in [2.05, 4.69) is 30.3 Å². The van der Waals surface area contributed by atoms with Crippen molar-refractivity contribution in [3.8, 4) is 0 Å². The summed E-state index contributed by atoms with van der Waals surface area (Å²) in [7, 11) is 0. The van der Waals surface area contributed by atoms with E-state index in [-0.39, 0.29) is 0 Å². The summed E-state index contributed by atoms with van der Waals surface area (Å²) in [6, 6.07) is 2.33. The minimum atomic E-state index is 0.408. The summed E-state index contributed by atoms with van der Waals surface area (Å²) in [6.45, 7) is 1.86. The first-order valence-electron chi connectivity index (χ1n) is 5.96. The second-order valence-corrected chi connectivity index (χ2v) is 5.33. The normalized spacial score (nSPS) is 15.7. The first-order valence-corrected chi connectivity index (χ1v) is 6.78. The van der Waals surface area contributed by atoms with Gasteiger partial charge in [0.2, 0.25) is 10.1 Å². The van der Waals surface area contributed by atoms with Crippen LogP contribution in [0.5, 0.6) is 0 Å². The average Bonchev–Trinajstić information content (AvgIpc) is 2.95. The Morgan fingerprint density at radius 3 is 3.00 bits per heavy atom. The highest BCUT2D eigenvalue weighted by Crippen LogP contribution is 2.23. The molecule has 8 heteroatoms. The summed E-state index contributed by atoms with van der Waals surface area (Å²) < 4.78 is 1.79. The van der Waals surface area contributed by atoms with Crippen molar-refractivity contribution in [1.29, 1.82) is 0 Å². The molecule has 4 rings (SSSR count). The maximum Gasteiger partial charge on any atom is 0.213 e. The number of imidazole rings is 1. The van der Waals surface area contributed by atoms with E-state index >= 15 is 0 Å². The Bertz CT molecular complexity index is 657. The molecule has 1 N–H and O–H groups in total. The zero-order valence-electron chi connectivity index (χ0n) is 9.97. The maximum atomic E-state index is 4.41. The molecule has 0 aliphatic carbocycles. The number of hydrogen-bond donors (Lipinski definition) is 1. The van der Waals surface area contributed by atoms with Crippen molar-refractivity contribution in [2.24, 2.45) is 0 Å². The van der Waals surface area contributed by atoms with Crippen LogP contribution in [0.15, 0.2) is 31.0 Å². The number of anilines is 2. The highest BCUT2D eigenvalue weighted by atomic mass is 32.1. The molecule has 0 spiro atoms. The third kappa shape index (κ3) is 1.89. The lowest BCUT2D eigenvalue weighted by Gasteiger charge is -2.40. The van der Waals surface area contributed by atoms with Gasteiger partial charge in [0.1, 0.15) is 12.1 Å². The minimum Gasteiger partial charge on any atom is -0.354 e. The number of fused-ring (bicyclic) bond motifs is 1. The van der Waals surface area contributed by atoms with Gasteiger partial charge in [-0.2, -0.15) is 0 Å². The number of hydrogen-bond acceptors (Lipinski definition) is 7. The molecule has 1 fully saturated rings. The summed E-state index contributed by atoms with van der Waals surface area (Å²) in [5.74, 6) is 0.974. The predicted molar refractivity (Wildman–Crippen MR) is 72.5 cm³/mol. The molecule has 4 heterocycles. The third-order valence-electron chi connectivity index (χ3n) is 3.07. The smallest absolute Gasteiger partial charge is 0.213 e. The molecule has 1 saturated heterocycles. The van der Waals surface area contributed by atoms with Crippen molar-refractivity contribution >= 4 is 27.2 Å². The Labute approximate surface area is 112 Å². The molecule has 19 heavy (non-hydrogen) atoms. The molecule has 3 aromatic rings. The van der Waals surface area contributed by atoms with Crippen LogP contribution in [0.3, 0.4) is 0 Å². The molecule has 0 amide bonds. The van der Waals surface area contributed by atoms with Gasteiger partial charge < -0.3 is 10.2 Å². The van der Waals surface area contributed by atoms with E-state index in [1.807, 2.05) is 12.3 Å². The molecule has 0 unspecified atom stereocenters. The summed E-state index contributed by atoms with van der Waals surface area (Å²) in [5.41, 5.74) is 0. The van der Waals surface area contributed by atoms with Crippen LogP contribution in [0.2, 0.25) is 0 Å². The number of aromatic nitrogens is 5. The zero-order chi connectivity index (χ0) is 12.7. The van der Waals surface area contributed by atoms with Gasteiger partial charge in [-0.15, -0.1) is 5.10 Å². The number of rotatable bonds is 3. The van der Waals surface area contributed by atoms with Crippen molar-refractivity contribution in [2.45, 2.75) is 6.04 Å². The SMILES string of the molecule is c1cc(N2CC(Nc3nn4ccnc4s3)C2)ncn1. The molecule has 7 nitrogen and oxygen atoms in total. The van der Waals surface area contributed by atoms with Crippen molar-refractivity contribution in [3.05, 3.63) is 31.0 Å². The van der Waals surface area contributed by atoms with E-state index in [9.17, 15) is 0 Å². The Hall–Kier alpha value is -2.22. The van der Waals surface area contributed by atoms with Crippen molar-refractivity contribution in [3.63, 3.8) is 0 Å². The average molecular weight is 273 g/mol. The van der Waals surface area contributed by atoms with Gasteiger partial charge in [-0.05, 0) is 6.07 Å². The quantitative estimate of drug-likeness (QED) is 0.764. The molecule has 0 bridgehead atoms. The van der Waals surface area contributed by atoms with Gasteiger partial charge in [0.15, 0.2) is 0 Å². The van der Waals surface area contributed by atoms with Gasteiger partial charge in [0.25, 0.3) is 0 Å². The van der Waals surface area contributed by atoms with Gasteiger partial charge in [0.05, 0.1) is 12.2 Å². The lowest BCUT2D eigenvalue weighted by atomic mass is 10.1. The second kappa shape index (κ2) is 4.16. The van der Waals surface area contributed by atoms with Gasteiger partial charge >= 0.3 is 0 Å².